The summed E-state index contributed by atoms with van der Waals surface area (Å²) in [5, 5.41) is 7.30. The molecule has 0 bridgehead atoms. The second-order valence-electron chi connectivity index (χ2n) is 7.01. The van der Waals surface area contributed by atoms with Gasteiger partial charge in [0.25, 0.3) is 0 Å². The number of hydrogen-bond donors (Lipinski definition) is 2. The van der Waals surface area contributed by atoms with Crippen LogP contribution in [-0.2, 0) is 23.1 Å². The third kappa shape index (κ3) is 3.85. The molecule has 0 saturated carbocycles. The van der Waals surface area contributed by atoms with Gasteiger partial charge in [-0.25, -0.2) is 4.98 Å². The maximum atomic E-state index is 12.2. The first kappa shape index (κ1) is 16.7. The van der Waals surface area contributed by atoms with E-state index >= 15 is 0 Å². The monoisotopic (exact) mass is 341 g/mol. The summed E-state index contributed by atoms with van der Waals surface area (Å²) in [6.45, 7) is 7.11. The number of nitrogens with zero attached hydrogens (tertiary/aromatic N) is 1. The molecule has 3 aromatic rings. The highest BCUT2D eigenvalue weighted by atomic mass is 32.1. The quantitative estimate of drug-likeness (QED) is 0.741. The Balaban J connectivity index is 1.52. The molecular weight excluding hydrogens is 318 g/mol. The van der Waals surface area contributed by atoms with Crippen LogP contribution < -0.4 is 5.32 Å². The fourth-order valence-corrected chi connectivity index (χ4v) is 3.62. The molecule has 0 fully saturated rings. The predicted octanol–water partition coefficient (Wildman–Crippen LogP) is 3.82. The average Bonchev–Trinajstić information content (AvgIpc) is 3.15. The van der Waals surface area contributed by atoms with E-state index in [2.05, 4.69) is 41.4 Å². The maximum Gasteiger partial charge on any atom is 0.224 e. The number of thiazole rings is 1. The summed E-state index contributed by atoms with van der Waals surface area (Å²) in [7, 11) is 0. The lowest BCUT2D eigenvalue weighted by Gasteiger charge is -2.14. The van der Waals surface area contributed by atoms with Crippen LogP contribution in [0.2, 0.25) is 0 Å². The fraction of sp³-hybridized carbons (Fsp3) is 0.368. The number of amides is 1. The van der Waals surface area contributed by atoms with E-state index in [1.54, 1.807) is 11.3 Å². The minimum Gasteiger partial charge on any atom is -0.361 e. The first-order valence-corrected chi connectivity index (χ1v) is 9.08. The summed E-state index contributed by atoms with van der Waals surface area (Å²) in [5.74, 6) is 0.0485. The van der Waals surface area contributed by atoms with Crippen LogP contribution in [0.3, 0.4) is 0 Å². The molecule has 4 nitrogen and oxygen atoms in total. The molecule has 0 atom stereocenters. The van der Waals surface area contributed by atoms with Crippen LogP contribution >= 0.6 is 11.3 Å². The molecular formula is C19H23N3OS. The van der Waals surface area contributed by atoms with Gasteiger partial charge in [-0.3, -0.25) is 4.79 Å². The Morgan fingerprint density at radius 3 is 2.83 bits per heavy atom. The normalized spacial score (nSPS) is 11.8. The zero-order valence-corrected chi connectivity index (χ0v) is 15.2. The molecule has 0 spiro atoms. The Bertz CT molecular complexity index is 842. The molecule has 0 radical (unpaired) electrons. The highest BCUT2D eigenvalue weighted by Gasteiger charge is 2.17. The number of aromatic nitrogens is 2. The molecule has 3 rings (SSSR count). The van der Waals surface area contributed by atoms with Crippen molar-refractivity contribution in [3.63, 3.8) is 0 Å². The van der Waals surface area contributed by atoms with Crippen molar-refractivity contribution in [1.82, 2.24) is 15.3 Å². The Hall–Kier alpha value is -2.14. The number of aromatic amines is 1. The van der Waals surface area contributed by atoms with E-state index in [1.165, 1.54) is 0 Å². The van der Waals surface area contributed by atoms with Crippen LogP contribution in [0, 0.1) is 0 Å². The summed E-state index contributed by atoms with van der Waals surface area (Å²) >= 11 is 1.67. The average molecular weight is 341 g/mol. The van der Waals surface area contributed by atoms with Gasteiger partial charge in [0, 0.05) is 40.9 Å². The lowest BCUT2D eigenvalue weighted by Crippen LogP contribution is -2.27. The molecule has 2 aromatic heterocycles. The van der Waals surface area contributed by atoms with Gasteiger partial charge >= 0.3 is 0 Å². The number of para-hydroxylation sites is 1. The zero-order chi connectivity index (χ0) is 17.2. The standard InChI is InChI=1S/C19H23N3OS/c1-19(2,3)16-12-24-18(22-16)8-9-20-17(23)10-13-11-21-15-7-5-4-6-14(13)15/h4-7,11-12,21H,8-10H2,1-3H3,(H,20,23). The van der Waals surface area contributed by atoms with E-state index in [0.29, 0.717) is 13.0 Å². The first-order chi connectivity index (χ1) is 11.4. The first-order valence-electron chi connectivity index (χ1n) is 8.20. The molecule has 0 aliphatic carbocycles. The zero-order valence-electron chi connectivity index (χ0n) is 14.3. The summed E-state index contributed by atoms with van der Waals surface area (Å²) in [5.41, 5.74) is 3.30. The van der Waals surface area contributed by atoms with Gasteiger partial charge in [0.15, 0.2) is 0 Å². The third-order valence-electron chi connectivity index (χ3n) is 4.01. The third-order valence-corrected chi connectivity index (χ3v) is 4.92. The molecule has 0 saturated heterocycles. The molecule has 24 heavy (non-hydrogen) atoms. The number of benzene rings is 1. The van der Waals surface area contributed by atoms with Crippen LogP contribution in [0.1, 0.15) is 37.0 Å². The fourth-order valence-electron chi connectivity index (χ4n) is 2.59. The second kappa shape index (κ2) is 6.77. The van der Waals surface area contributed by atoms with Crippen molar-refractivity contribution in [2.45, 2.75) is 39.0 Å². The molecule has 5 heteroatoms. The second-order valence-corrected chi connectivity index (χ2v) is 7.96. The van der Waals surface area contributed by atoms with Crippen LogP contribution in [0.15, 0.2) is 35.8 Å². The van der Waals surface area contributed by atoms with Gasteiger partial charge in [-0.15, -0.1) is 11.3 Å². The Morgan fingerprint density at radius 1 is 1.29 bits per heavy atom. The number of carbonyl (C=O) groups excluding carboxylic acids is 1. The van der Waals surface area contributed by atoms with E-state index in [4.69, 9.17) is 0 Å². The molecule has 0 aliphatic rings. The van der Waals surface area contributed by atoms with Crippen LogP contribution in [0.25, 0.3) is 10.9 Å². The number of fused-ring (bicyclic) bond motifs is 1. The van der Waals surface area contributed by atoms with Crippen LogP contribution in [0.4, 0.5) is 0 Å². The summed E-state index contributed by atoms with van der Waals surface area (Å²) in [6.07, 6.45) is 3.09. The smallest absolute Gasteiger partial charge is 0.224 e. The highest BCUT2D eigenvalue weighted by Crippen LogP contribution is 2.24. The van der Waals surface area contributed by atoms with Crippen molar-refractivity contribution in [1.29, 1.82) is 0 Å². The molecule has 2 heterocycles. The van der Waals surface area contributed by atoms with Gasteiger partial charge in [-0.1, -0.05) is 39.0 Å². The molecule has 2 N–H and O–H groups in total. The number of H-pyrrole nitrogens is 1. The molecule has 0 aliphatic heterocycles. The minimum absolute atomic E-state index is 0.0485. The van der Waals surface area contributed by atoms with Crippen molar-refractivity contribution in [3.05, 3.63) is 52.1 Å². The number of nitrogens with one attached hydrogen (secondary N) is 2. The molecule has 1 aromatic carbocycles. The summed E-state index contributed by atoms with van der Waals surface area (Å²) in [4.78, 5) is 20.0. The van der Waals surface area contributed by atoms with E-state index in [-0.39, 0.29) is 11.3 Å². The molecule has 0 unspecified atom stereocenters. The van der Waals surface area contributed by atoms with Gasteiger partial charge in [0.1, 0.15) is 0 Å². The largest absolute Gasteiger partial charge is 0.361 e. The van der Waals surface area contributed by atoms with Gasteiger partial charge in [-0.05, 0) is 11.6 Å². The topological polar surface area (TPSA) is 57.8 Å². The van der Waals surface area contributed by atoms with Gasteiger partial charge < -0.3 is 10.3 Å². The maximum absolute atomic E-state index is 12.2. The van der Waals surface area contributed by atoms with Crippen molar-refractivity contribution in [2.75, 3.05) is 6.54 Å². The number of hydrogen-bond acceptors (Lipinski definition) is 3. The lowest BCUT2D eigenvalue weighted by molar-refractivity contribution is -0.120. The van der Waals surface area contributed by atoms with Gasteiger partial charge in [-0.2, -0.15) is 0 Å². The summed E-state index contributed by atoms with van der Waals surface area (Å²) in [6, 6.07) is 8.04. The van der Waals surface area contributed by atoms with Crippen LogP contribution in [-0.4, -0.2) is 22.4 Å². The van der Waals surface area contributed by atoms with E-state index in [9.17, 15) is 4.79 Å². The van der Waals surface area contributed by atoms with Crippen molar-refractivity contribution < 1.29 is 4.79 Å². The minimum atomic E-state index is 0.0485. The van der Waals surface area contributed by atoms with Crippen molar-refractivity contribution in [3.8, 4) is 0 Å². The number of carbonyl (C=O) groups is 1. The molecule has 1 amide bonds. The highest BCUT2D eigenvalue weighted by molar-refractivity contribution is 7.09. The van der Waals surface area contributed by atoms with E-state index in [1.807, 2.05) is 30.5 Å². The van der Waals surface area contributed by atoms with Gasteiger partial charge in [0.2, 0.25) is 5.91 Å². The Kier molecular flexibility index (Phi) is 4.71. The van der Waals surface area contributed by atoms with Crippen LogP contribution in [0.5, 0.6) is 0 Å². The van der Waals surface area contributed by atoms with Crippen molar-refractivity contribution in [2.24, 2.45) is 0 Å². The van der Waals surface area contributed by atoms with E-state index < -0.39 is 0 Å². The van der Waals surface area contributed by atoms with E-state index in [0.717, 1.165) is 33.6 Å². The summed E-state index contributed by atoms with van der Waals surface area (Å²) < 4.78 is 0. The molecule has 126 valence electrons. The van der Waals surface area contributed by atoms with Gasteiger partial charge in [0.05, 0.1) is 17.1 Å². The predicted molar refractivity (Wildman–Crippen MR) is 99.5 cm³/mol. The lowest BCUT2D eigenvalue weighted by atomic mass is 9.93. The number of rotatable bonds is 5. The van der Waals surface area contributed by atoms with Crippen molar-refractivity contribution >= 4 is 28.1 Å². The Morgan fingerprint density at radius 2 is 2.08 bits per heavy atom. The Labute approximate surface area is 146 Å². The SMILES string of the molecule is CC(C)(C)c1csc(CCNC(=O)Cc2c[nH]c3ccccc23)n1.